The van der Waals surface area contributed by atoms with Crippen molar-refractivity contribution in [3.63, 3.8) is 0 Å². The molecule has 120 valence electrons. The minimum Gasteiger partial charge on any atom is -0.350 e. The van der Waals surface area contributed by atoms with Crippen molar-refractivity contribution in [2.24, 2.45) is 0 Å². The van der Waals surface area contributed by atoms with Crippen molar-refractivity contribution in [2.45, 2.75) is 13.5 Å². The molecule has 1 aliphatic rings. The summed E-state index contributed by atoms with van der Waals surface area (Å²) in [6, 6.07) is 11.7. The van der Waals surface area contributed by atoms with Gasteiger partial charge in [0.15, 0.2) is 0 Å². The lowest BCUT2D eigenvalue weighted by Crippen LogP contribution is -2.39. The smallest absolute Gasteiger partial charge is 0.325 e. The van der Waals surface area contributed by atoms with Crippen LogP contribution in [-0.2, 0) is 11.3 Å². The van der Waals surface area contributed by atoms with Crippen molar-refractivity contribution < 1.29 is 9.59 Å². The highest BCUT2D eigenvalue weighted by Gasteiger charge is 2.30. The predicted molar refractivity (Wildman–Crippen MR) is 91.7 cm³/mol. The van der Waals surface area contributed by atoms with Crippen LogP contribution in [0.1, 0.15) is 10.4 Å². The van der Waals surface area contributed by atoms with E-state index in [1.54, 1.807) is 21.1 Å². The topological polar surface area (TPSA) is 52.6 Å². The third kappa shape index (κ3) is 3.71. The molecule has 3 rings (SSSR count). The first-order valence-corrected chi connectivity index (χ1v) is 8.43. The summed E-state index contributed by atoms with van der Waals surface area (Å²) in [5.74, 6) is -0.127. The lowest BCUT2D eigenvalue weighted by atomic mass is 10.2. The Hall–Kier alpha value is -2.34. The van der Waals surface area contributed by atoms with Gasteiger partial charge in [0.2, 0.25) is 5.91 Å². The number of urea groups is 1. The molecule has 1 saturated heterocycles. The van der Waals surface area contributed by atoms with E-state index >= 15 is 0 Å². The molecule has 1 aliphatic heterocycles. The molecule has 5 nitrogen and oxygen atoms in total. The second kappa shape index (κ2) is 6.83. The second-order valence-electron chi connectivity index (χ2n) is 5.55. The lowest BCUT2D eigenvalue weighted by molar-refractivity contribution is -0.121. The number of thiophene rings is 1. The summed E-state index contributed by atoms with van der Waals surface area (Å²) in [5, 5.41) is 4.83. The van der Waals surface area contributed by atoms with E-state index in [2.05, 4.69) is 5.32 Å². The molecule has 0 unspecified atom stereocenters. The first-order valence-electron chi connectivity index (χ1n) is 7.55. The van der Waals surface area contributed by atoms with Gasteiger partial charge in [0.25, 0.3) is 0 Å². The Morgan fingerprint density at radius 1 is 1.22 bits per heavy atom. The number of benzene rings is 1. The number of nitrogens with one attached hydrogen (secondary N) is 1. The van der Waals surface area contributed by atoms with Gasteiger partial charge in [0.05, 0.1) is 6.54 Å². The maximum Gasteiger partial charge on any atom is 0.325 e. The molecule has 0 radical (unpaired) electrons. The molecule has 0 atom stereocenters. The number of hydrogen-bond donors (Lipinski definition) is 1. The number of amides is 3. The van der Waals surface area contributed by atoms with E-state index in [-0.39, 0.29) is 18.5 Å². The van der Waals surface area contributed by atoms with Crippen LogP contribution in [0.5, 0.6) is 0 Å². The summed E-state index contributed by atoms with van der Waals surface area (Å²) in [5.41, 5.74) is 2.03. The Kier molecular flexibility index (Phi) is 4.62. The van der Waals surface area contributed by atoms with Crippen LogP contribution in [0.3, 0.4) is 0 Å². The summed E-state index contributed by atoms with van der Waals surface area (Å²) in [7, 11) is 0. The summed E-state index contributed by atoms with van der Waals surface area (Å²) in [6.07, 6.45) is 0. The van der Waals surface area contributed by atoms with Crippen LogP contribution in [0, 0.1) is 6.92 Å². The molecule has 1 aromatic heterocycles. The molecule has 6 heteroatoms. The van der Waals surface area contributed by atoms with Gasteiger partial charge in [-0.25, -0.2) is 4.79 Å². The summed E-state index contributed by atoms with van der Waals surface area (Å²) < 4.78 is 0. The number of carbonyl (C=O) groups excluding carboxylic acids is 2. The average molecular weight is 329 g/mol. The SMILES string of the molecule is Cc1ccc(N2CCN(CC(=O)NCc3cccs3)C2=O)cc1. The highest BCUT2D eigenvalue weighted by atomic mass is 32.1. The standard InChI is InChI=1S/C17H19N3O2S/c1-13-4-6-14(7-5-13)20-9-8-19(17(20)22)12-16(21)18-11-15-3-2-10-23-15/h2-7,10H,8-9,11-12H2,1H3,(H,18,21). The van der Waals surface area contributed by atoms with Crippen molar-refractivity contribution in [3.05, 3.63) is 52.2 Å². The van der Waals surface area contributed by atoms with E-state index in [1.807, 2.05) is 48.7 Å². The molecule has 23 heavy (non-hydrogen) atoms. The van der Waals surface area contributed by atoms with E-state index in [1.165, 1.54) is 0 Å². The Balaban J connectivity index is 1.54. The second-order valence-corrected chi connectivity index (χ2v) is 6.58. The molecule has 1 fully saturated rings. The molecule has 0 spiro atoms. The zero-order chi connectivity index (χ0) is 16.2. The summed E-state index contributed by atoms with van der Waals surface area (Å²) >= 11 is 1.60. The molecular weight excluding hydrogens is 310 g/mol. The van der Waals surface area contributed by atoms with Gasteiger partial charge < -0.3 is 10.2 Å². The fraction of sp³-hybridized carbons (Fsp3) is 0.294. The number of aryl methyl sites for hydroxylation is 1. The van der Waals surface area contributed by atoms with Crippen molar-refractivity contribution >= 4 is 29.0 Å². The fourth-order valence-electron chi connectivity index (χ4n) is 2.52. The van der Waals surface area contributed by atoms with Gasteiger partial charge in [-0.1, -0.05) is 23.8 Å². The molecule has 2 aromatic rings. The van der Waals surface area contributed by atoms with Crippen LogP contribution in [0.4, 0.5) is 10.5 Å². The van der Waals surface area contributed by atoms with Crippen molar-refractivity contribution in [3.8, 4) is 0 Å². The van der Waals surface area contributed by atoms with Gasteiger partial charge in [0.1, 0.15) is 6.54 Å². The Bertz CT molecular complexity index is 682. The number of anilines is 1. The normalized spacial score (nSPS) is 14.4. The molecule has 1 aromatic carbocycles. The monoisotopic (exact) mass is 329 g/mol. The zero-order valence-corrected chi connectivity index (χ0v) is 13.8. The van der Waals surface area contributed by atoms with Crippen LogP contribution in [-0.4, -0.2) is 36.5 Å². The summed E-state index contributed by atoms with van der Waals surface area (Å²) in [6.45, 7) is 3.81. The van der Waals surface area contributed by atoms with E-state index in [0.29, 0.717) is 19.6 Å². The van der Waals surface area contributed by atoms with Gasteiger partial charge in [-0.2, -0.15) is 0 Å². The molecule has 0 saturated carbocycles. The highest BCUT2D eigenvalue weighted by molar-refractivity contribution is 7.09. The van der Waals surface area contributed by atoms with Crippen LogP contribution in [0.15, 0.2) is 41.8 Å². The third-order valence-electron chi connectivity index (χ3n) is 3.81. The van der Waals surface area contributed by atoms with Gasteiger partial charge in [-0.05, 0) is 30.5 Å². The Morgan fingerprint density at radius 3 is 2.70 bits per heavy atom. The molecular formula is C17H19N3O2S. The lowest BCUT2D eigenvalue weighted by Gasteiger charge is -2.18. The van der Waals surface area contributed by atoms with Crippen LogP contribution >= 0.6 is 11.3 Å². The minimum absolute atomic E-state index is 0.104. The largest absolute Gasteiger partial charge is 0.350 e. The molecule has 0 bridgehead atoms. The predicted octanol–water partition coefficient (Wildman–Crippen LogP) is 2.61. The van der Waals surface area contributed by atoms with E-state index in [4.69, 9.17) is 0 Å². The van der Waals surface area contributed by atoms with Gasteiger partial charge in [-0.15, -0.1) is 11.3 Å². The number of carbonyl (C=O) groups is 2. The minimum atomic E-state index is -0.127. The van der Waals surface area contributed by atoms with E-state index in [9.17, 15) is 9.59 Å². The molecule has 2 heterocycles. The average Bonchev–Trinajstić information content (AvgIpc) is 3.18. The molecule has 1 N–H and O–H groups in total. The van der Waals surface area contributed by atoms with E-state index < -0.39 is 0 Å². The Labute approximate surface area is 139 Å². The van der Waals surface area contributed by atoms with Crippen LogP contribution < -0.4 is 10.2 Å². The number of rotatable bonds is 5. The quantitative estimate of drug-likeness (QED) is 0.917. The maximum absolute atomic E-state index is 12.4. The van der Waals surface area contributed by atoms with Crippen molar-refractivity contribution in [1.82, 2.24) is 10.2 Å². The number of hydrogen-bond acceptors (Lipinski definition) is 3. The first-order chi connectivity index (χ1) is 11.1. The highest BCUT2D eigenvalue weighted by Crippen LogP contribution is 2.20. The van der Waals surface area contributed by atoms with Gasteiger partial charge >= 0.3 is 6.03 Å². The molecule has 0 aliphatic carbocycles. The number of nitrogens with zero attached hydrogens (tertiary/aromatic N) is 2. The molecule has 3 amide bonds. The fourth-order valence-corrected chi connectivity index (χ4v) is 3.17. The van der Waals surface area contributed by atoms with Crippen molar-refractivity contribution in [1.29, 1.82) is 0 Å². The van der Waals surface area contributed by atoms with Gasteiger partial charge in [-0.3, -0.25) is 9.69 Å². The third-order valence-corrected chi connectivity index (χ3v) is 4.69. The summed E-state index contributed by atoms with van der Waals surface area (Å²) in [4.78, 5) is 28.8. The maximum atomic E-state index is 12.4. The van der Waals surface area contributed by atoms with E-state index in [0.717, 1.165) is 16.1 Å². The van der Waals surface area contributed by atoms with Crippen LogP contribution in [0.25, 0.3) is 0 Å². The van der Waals surface area contributed by atoms with Crippen LogP contribution in [0.2, 0.25) is 0 Å². The van der Waals surface area contributed by atoms with Crippen molar-refractivity contribution in [2.75, 3.05) is 24.5 Å². The Morgan fingerprint density at radius 2 is 2.00 bits per heavy atom. The zero-order valence-electron chi connectivity index (χ0n) is 13.0. The first kappa shape index (κ1) is 15.6. The van der Waals surface area contributed by atoms with Gasteiger partial charge in [0, 0.05) is 23.7 Å².